The summed E-state index contributed by atoms with van der Waals surface area (Å²) in [6, 6.07) is 6.41. The van der Waals surface area contributed by atoms with E-state index >= 15 is 0 Å². The molecule has 2 N–H and O–H groups in total. The van der Waals surface area contributed by atoms with Crippen LogP contribution < -0.4 is 5.56 Å². The van der Waals surface area contributed by atoms with Gasteiger partial charge in [0.1, 0.15) is 18.0 Å². The highest BCUT2D eigenvalue weighted by Gasteiger charge is 2.23. The lowest BCUT2D eigenvalue weighted by Gasteiger charge is -2.27. The first-order chi connectivity index (χ1) is 14.7. The number of nitrogens with zero attached hydrogens (tertiary/aromatic N) is 5. The van der Waals surface area contributed by atoms with Crippen LogP contribution >= 0.6 is 0 Å². The first-order valence-electron chi connectivity index (χ1n) is 9.55. The van der Waals surface area contributed by atoms with Crippen molar-refractivity contribution in [2.75, 3.05) is 6.54 Å². The van der Waals surface area contributed by atoms with E-state index in [1.54, 1.807) is 24.7 Å². The van der Waals surface area contributed by atoms with Crippen LogP contribution in [0.1, 0.15) is 16.8 Å². The molecule has 4 aromatic rings. The van der Waals surface area contributed by atoms with Crippen molar-refractivity contribution in [3.8, 4) is 22.6 Å². The number of hydrogen-bond acceptors (Lipinski definition) is 6. The summed E-state index contributed by atoms with van der Waals surface area (Å²) in [7, 11) is 0. The van der Waals surface area contributed by atoms with Crippen molar-refractivity contribution >= 4 is 0 Å². The van der Waals surface area contributed by atoms with Crippen LogP contribution in [-0.2, 0) is 19.5 Å². The Kier molecular flexibility index (Phi) is 4.64. The van der Waals surface area contributed by atoms with E-state index in [1.807, 2.05) is 6.07 Å². The van der Waals surface area contributed by atoms with E-state index in [9.17, 15) is 9.18 Å². The van der Waals surface area contributed by atoms with Gasteiger partial charge in [0.2, 0.25) is 0 Å². The first-order valence-corrected chi connectivity index (χ1v) is 9.55. The molecule has 0 bridgehead atoms. The summed E-state index contributed by atoms with van der Waals surface area (Å²) < 4.78 is 13.6. The highest BCUT2D eigenvalue weighted by atomic mass is 19.1. The molecular formula is C21H18FN7O. The van der Waals surface area contributed by atoms with Gasteiger partial charge in [-0.05, 0) is 12.1 Å². The Morgan fingerprint density at radius 3 is 2.83 bits per heavy atom. The minimum atomic E-state index is -0.294. The second-order valence-electron chi connectivity index (χ2n) is 7.21. The van der Waals surface area contributed by atoms with Crippen molar-refractivity contribution in [3.63, 3.8) is 0 Å². The van der Waals surface area contributed by atoms with Gasteiger partial charge < -0.3 is 4.98 Å². The summed E-state index contributed by atoms with van der Waals surface area (Å²) in [5.41, 5.74) is 4.47. The Hall–Kier alpha value is -3.72. The minimum absolute atomic E-state index is 0.152. The minimum Gasteiger partial charge on any atom is -0.306 e. The van der Waals surface area contributed by atoms with Gasteiger partial charge >= 0.3 is 0 Å². The van der Waals surface area contributed by atoms with E-state index < -0.39 is 0 Å². The topological polar surface area (TPSA) is 103 Å². The summed E-state index contributed by atoms with van der Waals surface area (Å²) in [5, 5.41) is 7.09. The quantitative estimate of drug-likeness (QED) is 0.542. The summed E-state index contributed by atoms with van der Waals surface area (Å²) in [4.78, 5) is 30.3. The smallest absolute Gasteiger partial charge is 0.255 e. The van der Waals surface area contributed by atoms with Gasteiger partial charge in [0, 0.05) is 49.6 Å². The number of hydrogen-bond donors (Lipinski definition) is 2. The third-order valence-corrected chi connectivity index (χ3v) is 5.21. The molecule has 0 saturated heterocycles. The molecule has 5 rings (SSSR count). The maximum Gasteiger partial charge on any atom is 0.255 e. The molecule has 0 atom stereocenters. The maximum atomic E-state index is 13.6. The maximum absolute atomic E-state index is 13.6. The lowest BCUT2D eigenvalue weighted by molar-refractivity contribution is 0.242. The van der Waals surface area contributed by atoms with Gasteiger partial charge in [-0.3, -0.25) is 14.8 Å². The molecule has 1 aliphatic rings. The lowest BCUT2D eigenvalue weighted by Crippen LogP contribution is -2.35. The fraction of sp³-hybridized carbons (Fsp3) is 0.190. The van der Waals surface area contributed by atoms with Crippen molar-refractivity contribution in [2.24, 2.45) is 0 Å². The zero-order valence-corrected chi connectivity index (χ0v) is 16.0. The molecule has 8 nitrogen and oxygen atoms in total. The number of aromatic nitrogens is 6. The Bertz CT molecular complexity index is 1250. The van der Waals surface area contributed by atoms with Crippen molar-refractivity contribution in [1.82, 2.24) is 35.0 Å². The summed E-state index contributed by atoms with van der Waals surface area (Å²) in [6.45, 7) is 1.83. The van der Waals surface area contributed by atoms with Crippen molar-refractivity contribution in [2.45, 2.75) is 19.5 Å². The molecule has 0 unspecified atom stereocenters. The van der Waals surface area contributed by atoms with Crippen LogP contribution in [0.2, 0.25) is 0 Å². The van der Waals surface area contributed by atoms with Crippen molar-refractivity contribution < 1.29 is 4.39 Å². The van der Waals surface area contributed by atoms with Gasteiger partial charge in [-0.2, -0.15) is 5.10 Å². The van der Waals surface area contributed by atoms with E-state index in [1.165, 1.54) is 18.5 Å². The van der Waals surface area contributed by atoms with Gasteiger partial charge in [0.05, 0.1) is 28.7 Å². The SMILES string of the molecule is O=c1[nH]c(-c2cncnc2)nc2c1CN(Cc1cn[nH]c1-c1cccc(F)c1)CC2. The standard InChI is InChI=1S/C21H18FN7O/c22-16-3-1-2-13(6-16)19-15(9-25-28-19)10-29-5-4-18-17(11-29)21(30)27-20(26-18)14-7-23-12-24-8-14/h1-3,6-9,12H,4-5,10-11H2,(H,25,28)(H,26,27,30). The number of nitrogens with one attached hydrogen (secondary N) is 2. The number of benzene rings is 1. The third kappa shape index (κ3) is 3.50. The predicted molar refractivity (Wildman–Crippen MR) is 108 cm³/mol. The average molecular weight is 403 g/mol. The predicted octanol–water partition coefficient (Wildman–Crippen LogP) is 2.31. The molecule has 1 aliphatic heterocycles. The van der Waals surface area contributed by atoms with Crippen LogP contribution in [0.25, 0.3) is 22.6 Å². The number of H-pyrrole nitrogens is 2. The monoisotopic (exact) mass is 403 g/mol. The Morgan fingerprint density at radius 1 is 1.13 bits per heavy atom. The van der Waals surface area contributed by atoms with Gasteiger partial charge in [0.15, 0.2) is 0 Å². The van der Waals surface area contributed by atoms with E-state index in [0.717, 1.165) is 29.1 Å². The van der Waals surface area contributed by atoms with Gasteiger partial charge in [-0.15, -0.1) is 0 Å². The molecule has 0 fully saturated rings. The first kappa shape index (κ1) is 18.3. The highest BCUT2D eigenvalue weighted by molar-refractivity contribution is 5.62. The molecule has 0 aliphatic carbocycles. The van der Waals surface area contributed by atoms with Gasteiger partial charge in [-0.1, -0.05) is 12.1 Å². The fourth-order valence-corrected chi connectivity index (χ4v) is 3.74. The lowest BCUT2D eigenvalue weighted by atomic mass is 10.0. The summed E-state index contributed by atoms with van der Waals surface area (Å²) >= 11 is 0. The zero-order valence-electron chi connectivity index (χ0n) is 16.0. The summed E-state index contributed by atoms with van der Waals surface area (Å²) in [6.07, 6.45) is 7.09. The van der Waals surface area contributed by atoms with Crippen molar-refractivity contribution in [3.05, 3.63) is 82.2 Å². The normalized spacial score (nSPS) is 13.9. The average Bonchev–Trinajstić information content (AvgIpc) is 3.23. The summed E-state index contributed by atoms with van der Waals surface area (Å²) in [5.74, 6) is 0.188. The van der Waals surface area contributed by atoms with E-state index in [4.69, 9.17) is 0 Å². The highest BCUT2D eigenvalue weighted by Crippen LogP contribution is 2.25. The molecule has 150 valence electrons. The zero-order chi connectivity index (χ0) is 20.5. The van der Waals surface area contributed by atoms with Crippen LogP contribution in [0.4, 0.5) is 4.39 Å². The Balaban J connectivity index is 1.39. The largest absolute Gasteiger partial charge is 0.306 e. The van der Waals surface area contributed by atoms with Gasteiger partial charge in [0.25, 0.3) is 5.56 Å². The van der Waals surface area contributed by atoms with Crippen LogP contribution in [0.5, 0.6) is 0 Å². The van der Waals surface area contributed by atoms with Crippen LogP contribution in [0.3, 0.4) is 0 Å². The molecule has 1 aromatic carbocycles. The molecule has 0 saturated carbocycles. The second kappa shape index (κ2) is 7.60. The number of aromatic amines is 2. The van der Waals surface area contributed by atoms with E-state index in [-0.39, 0.29) is 11.4 Å². The molecular weight excluding hydrogens is 385 g/mol. The molecule has 3 aromatic heterocycles. The van der Waals surface area contributed by atoms with Crippen LogP contribution in [0, 0.1) is 5.82 Å². The number of halogens is 1. The molecule has 4 heterocycles. The van der Waals surface area contributed by atoms with Crippen molar-refractivity contribution in [1.29, 1.82) is 0 Å². The molecule has 0 amide bonds. The van der Waals surface area contributed by atoms with Crippen LogP contribution in [-0.4, -0.2) is 41.6 Å². The second-order valence-corrected chi connectivity index (χ2v) is 7.21. The molecule has 30 heavy (non-hydrogen) atoms. The molecule has 0 radical (unpaired) electrons. The number of fused-ring (bicyclic) bond motifs is 1. The Morgan fingerprint density at radius 2 is 2.00 bits per heavy atom. The third-order valence-electron chi connectivity index (χ3n) is 5.21. The van der Waals surface area contributed by atoms with Gasteiger partial charge in [-0.25, -0.2) is 19.3 Å². The number of rotatable bonds is 4. The Labute approximate surface area is 170 Å². The molecule has 0 spiro atoms. The van der Waals surface area contributed by atoms with E-state index in [2.05, 4.69) is 35.0 Å². The van der Waals surface area contributed by atoms with Crippen LogP contribution in [0.15, 0.2) is 54.0 Å². The fourth-order valence-electron chi connectivity index (χ4n) is 3.74. The van der Waals surface area contributed by atoms with E-state index in [0.29, 0.717) is 36.5 Å². The molecule has 9 heteroatoms.